The molecule has 3 aromatic rings. The monoisotopic (exact) mass is 365 g/mol. The van der Waals surface area contributed by atoms with Gasteiger partial charge in [0.15, 0.2) is 5.58 Å². The Balaban J connectivity index is 1.36. The molecule has 6 nitrogen and oxygen atoms in total. The molecule has 1 aromatic heterocycles. The Labute approximate surface area is 157 Å². The van der Waals surface area contributed by atoms with Gasteiger partial charge in [0.25, 0.3) is 5.91 Å². The van der Waals surface area contributed by atoms with E-state index in [2.05, 4.69) is 10.2 Å². The molecular formula is C21H23N3O3. The fourth-order valence-electron chi connectivity index (χ4n) is 3.66. The van der Waals surface area contributed by atoms with Gasteiger partial charge in [-0.15, -0.1) is 0 Å². The molecule has 140 valence electrons. The van der Waals surface area contributed by atoms with Crippen LogP contribution < -0.4 is 11.1 Å². The molecule has 0 bridgehead atoms. The number of nitrogens with zero attached hydrogens (tertiary/aromatic N) is 2. The summed E-state index contributed by atoms with van der Waals surface area (Å²) in [5, 5.41) is 3.14. The van der Waals surface area contributed by atoms with Crippen LogP contribution in [0.25, 0.3) is 11.1 Å². The van der Waals surface area contributed by atoms with Crippen LogP contribution in [0, 0.1) is 6.92 Å². The predicted molar refractivity (Wildman–Crippen MR) is 104 cm³/mol. The van der Waals surface area contributed by atoms with Crippen LogP contribution in [-0.2, 0) is 6.67 Å². The van der Waals surface area contributed by atoms with Gasteiger partial charge < -0.3 is 9.73 Å². The number of para-hydroxylation sites is 2. The number of hydrogen-bond acceptors (Lipinski definition) is 4. The molecule has 27 heavy (non-hydrogen) atoms. The minimum atomic E-state index is -0.328. The van der Waals surface area contributed by atoms with Crippen LogP contribution in [-0.4, -0.2) is 34.5 Å². The lowest BCUT2D eigenvalue weighted by Crippen LogP contribution is -2.45. The second-order valence-electron chi connectivity index (χ2n) is 7.09. The molecule has 2 aromatic carbocycles. The summed E-state index contributed by atoms with van der Waals surface area (Å²) >= 11 is 0. The van der Waals surface area contributed by atoms with Crippen molar-refractivity contribution in [2.45, 2.75) is 32.5 Å². The first-order valence-electron chi connectivity index (χ1n) is 9.29. The maximum atomic E-state index is 12.5. The van der Waals surface area contributed by atoms with Gasteiger partial charge in [-0.1, -0.05) is 30.3 Å². The van der Waals surface area contributed by atoms with Gasteiger partial charge in [0, 0.05) is 24.7 Å². The summed E-state index contributed by atoms with van der Waals surface area (Å²) in [6.07, 6.45) is 1.73. The highest BCUT2D eigenvalue weighted by Gasteiger charge is 2.23. The third-order valence-corrected chi connectivity index (χ3v) is 5.23. The Morgan fingerprint density at radius 3 is 2.59 bits per heavy atom. The largest absolute Gasteiger partial charge is 0.421 e. The summed E-state index contributed by atoms with van der Waals surface area (Å²) in [6, 6.07) is 15.3. The van der Waals surface area contributed by atoms with E-state index in [0.29, 0.717) is 12.3 Å². The van der Waals surface area contributed by atoms with Crippen LogP contribution in [0.15, 0.2) is 57.7 Å². The van der Waals surface area contributed by atoms with E-state index in [0.717, 1.165) is 42.6 Å². The molecule has 0 radical (unpaired) electrons. The fourth-order valence-corrected chi connectivity index (χ4v) is 3.66. The molecule has 0 aliphatic carbocycles. The third-order valence-electron chi connectivity index (χ3n) is 5.23. The Hall–Kier alpha value is -2.86. The molecule has 1 N–H and O–H groups in total. The average Bonchev–Trinajstić information content (AvgIpc) is 2.99. The lowest BCUT2D eigenvalue weighted by Gasteiger charge is -2.32. The van der Waals surface area contributed by atoms with Crippen molar-refractivity contribution >= 4 is 17.0 Å². The summed E-state index contributed by atoms with van der Waals surface area (Å²) < 4.78 is 6.97. The van der Waals surface area contributed by atoms with Crippen LogP contribution in [0.3, 0.4) is 0 Å². The molecule has 1 fully saturated rings. The van der Waals surface area contributed by atoms with Gasteiger partial charge in [-0.2, -0.15) is 0 Å². The second kappa shape index (κ2) is 7.40. The van der Waals surface area contributed by atoms with Crippen molar-refractivity contribution < 1.29 is 9.21 Å². The lowest BCUT2D eigenvalue weighted by atomic mass is 10.0. The first-order chi connectivity index (χ1) is 13.1. The molecular weight excluding hydrogens is 342 g/mol. The van der Waals surface area contributed by atoms with Crippen LogP contribution in [0.2, 0.25) is 0 Å². The maximum absolute atomic E-state index is 12.5. The van der Waals surface area contributed by atoms with E-state index >= 15 is 0 Å². The molecule has 4 rings (SSSR count). The zero-order valence-corrected chi connectivity index (χ0v) is 15.4. The lowest BCUT2D eigenvalue weighted by molar-refractivity contribution is 0.0898. The number of fused-ring (bicyclic) bond motifs is 1. The van der Waals surface area contributed by atoms with Gasteiger partial charge in [-0.25, -0.2) is 4.79 Å². The van der Waals surface area contributed by atoms with Gasteiger partial charge in [0.1, 0.15) is 0 Å². The third kappa shape index (κ3) is 3.66. The zero-order valence-electron chi connectivity index (χ0n) is 15.4. The number of hydrogen-bond donors (Lipinski definition) is 1. The van der Waals surface area contributed by atoms with Crippen molar-refractivity contribution in [1.29, 1.82) is 0 Å². The predicted octanol–water partition coefficient (Wildman–Crippen LogP) is 2.75. The van der Waals surface area contributed by atoms with Crippen molar-refractivity contribution in [3.63, 3.8) is 0 Å². The van der Waals surface area contributed by atoms with Gasteiger partial charge >= 0.3 is 5.76 Å². The zero-order chi connectivity index (χ0) is 18.8. The van der Waals surface area contributed by atoms with Crippen LogP contribution in [0.1, 0.15) is 28.8 Å². The van der Waals surface area contributed by atoms with E-state index in [-0.39, 0.29) is 17.7 Å². The van der Waals surface area contributed by atoms with Gasteiger partial charge in [-0.3, -0.25) is 14.3 Å². The Bertz CT molecular complexity index is 1010. The van der Waals surface area contributed by atoms with E-state index in [1.807, 2.05) is 49.4 Å². The standard InChI is InChI=1S/C21H23N3O3/c1-15-6-2-3-7-17(15)20(25)22-16-10-12-23(13-11-16)14-24-18-8-4-5-9-19(18)27-21(24)26/h2-9,16H,10-14H2,1H3,(H,22,25). The fraction of sp³-hybridized carbons (Fsp3) is 0.333. The summed E-state index contributed by atoms with van der Waals surface area (Å²) in [6.45, 7) is 4.11. The molecule has 1 saturated heterocycles. The minimum Gasteiger partial charge on any atom is -0.408 e. The van der Waals surface area contributed by atoms with E-state index in [9.17, 15) is 9.59 Å². The number of rotatable bonds is 4. The quantitative estimate of drug-likeness (QED) is 0.772. The van der Waals surface area contributed by atoms with Crippen molar-refractivity contribution in [2.75, 3.05) is 13.1 Å². The number of oxazole rings is 1. The number of carbonyl (C=O) groups is 1. The highest BCUT2D eigenvalue weighted by molar-refractivity contribution is 5.95. The molecule has 1 amide bonds. The minimum absolute atomic E-state index is 0.0106. The highest BCUT2D eigenvalue weighted by Crippen LogP contribution is 2.16. The molecule has 2 heterocycles. The van der Waals surface area contributed by atoms with Crippen molar-refractivity contribution in [2.24, 2.45) is 0 Å². The molecule has 1 aliphatic rings. The van der Waals surface area contributed by atoms with Gasteiger partial charge in [0.2, 0.25) is 0 Å². The number of carbonyl (C=O) groups excluding carboxylic acids is 1. The Kier molecular flexibility index (Phi) is 4.81. The first kappa shape index (κ1) is 17.5. The molecule has 0 atom stereocenters. The number of likely N-dealkylation sites (tertiary alicyclic amines) is 1. The van der Waals surface area contributed by atoms with Crippen molar-refractivity contribution in [3.8, 4) is 0 Å². The van der Waals surface area contributed by atoms with E-state index in [1.165, 1.54) is 0 Å². The van der Waals surface area contributed by atoms with Gasteiger partial charge in [0.05, 0.1) is 12.2 Å². The number of aromatic nitrogens is 1. The molecule has 6 heteroatoms. The SMILES string of the molecule is Cc1ccccc1C(=O)NC1CCN(Cn2c(=O)oc3ccccc32)CC1. The number of nitrogens with one attached hydrogen (secondary N) is 1. The summed E-state index contributed by atoms with van der Waals surface area (Å²) in [5.41, 5.74) is 3.15. The topological polar surface area (TPSA) is 67.5 Å². The molecule has 0 unspecified atom stereocenters. The second-order valence-corrected chi connectivity index (χ2v) is 7.09. The maximum Gasteiger partial charge on any atom is 0.421 e. The van der Waals surface area contributed by atoms with Crippen LogP contribution in [0.4, 0.5) is 0 Å². The van der Waals surface area contributed by atoms with Gasteiger partial charge in [-0.05, 0) is 43.5 Å². The summed E-state index contributed by atoms with van der Waals surface area (Å²) in [5.74, 6) is -0.338. The number of amides is 1. The van der Waals surface area contributed by atoms with Crippen LogP contribution >= 0.6 is 0 Å². The Morgan fingerprint density at radius 2 is 1.81 bits per heavy atom. The smallest absolute Gasteiger partial charge is 0.408 e. The number of aryl methyl sites for hydroxylation is 1. The van der Waals surface area contributed by atoms with E-state index < -0.39 is 0 Å². The van der Waals surface area contributed by atoms with Crippen molar-refractivity contribution in [3.05, 3.63) is 70.2 Å². The first-order valence-corrected chi connectivity index (χ1v) is 9.29. The normalized spacial score (nSPS) is 15.9. The summed E-state index contributed by atoms with van der Waals surface area (Å²) in [7, 11) is 0. The number of benzene rings is 2. The summed E-state index contributed by atoms with van der Waals surface area (Å²) in [4.78, 5) is 26.8. The average molecular weight is 365 g/mol. The van der Waals surface area contributed by atoms with E-state index in [1.54, 1.807) is 10.6 Å². The highest BCUT2D eigenvalue weighted by atomic mass is 16.4. The number of piperidine rings is 1. The molecule has 1 aliphatic heterocycles. The molecule has 0 saturated carbocycles. The molecule has 0 spiro atoms. The Morgan fingerprint density at radius 1 is 1.11 bits per heavy atom. The van der Waals surface area contributed by atoms with Crippen molar-refractivity contribution in [1.82, 2.24) is 14.8 Å². The van der Waals surface area contributed by atoms with Crippen LogP contribution in [0.5, 0.6) is 0 Å². The van der Waals surface area contributed by atoms with E-state index in [4.69, 9.17) is 4.42 Å².